The summed E-state index contributed by atoms with van der Waals surface area (Å²) in [5.41, 5.74) is 0.557. The molecule has 8 nitrogen and oxygen atoms in total. The van der Waals surface area contributed by atoms with Crippen LogP contribution >= 0.6 is 0 Å². The number of benzene rings is 2. The fourth-order valence-electron chi connectivity index (χ4n) is 3.25. The topological polar surface area (TPSA) is 96.7 Å². The molecule has 0 unspecified atom stereocenters. The molecule has 4 rings (SSSR count). The highest BCUT2D eigenvalue weighted by Crippen LogP contribution is 2.21. The van der Waals surface area contributed by atoms with Crippen molar-refractivity contribution in [2.75, 3.05) is 18.9 Å². The monoisotopic (exact) mass is 441 g/mol. The summed E-state index contributed by atoms with van der Waals surface area (Å²) < 4.78 is 44.4. The minimum Gasteiger partial charge on any atom is -0.362 e. The molecule has 1 saturated heterocycles. The Kier molecular flexibility index (Phi) is 5.55. The summed E-state index contributed by atoms with van der Waals surface area (Å²) in [5, 5.41) is 6.73. The minimum absolute atomic E-state index is 0.0185. The van der Waals surface area contributed by atoms with Gasteiger partial charge in [-0.1, -0.05) is 18.2 Å². The molecule has 1 aliphatic rings. The Hall–Kier alpha value is -3.53. The van der Waals surface area contributed by atoms with Crippen LogP contribution in [0.2, 0.25) is 0 Å². The first kappa shape index (κ1) is 20.7. The molecule has 2 aromatic carbocycles. The first-order valence-corrected chi connectivity index (χ1v) is 11.0. The second-order valence-electron chi connectivity index (χ2n) is 7.09. The maximum atomic E-state index is 13.9. The van der Waals surface area contributed by atoms with Gasteiger partial charge in [0, 0.05) is 31.9 Å². The lowest BCUT2D eigenvalue weighted by atomic mass is 10.3. The van der Waals surface area contributed by atoms with E-state index in [1.807, 2.05) is 4.90 Å². The van der Waals surface area contributed by atoms with Crippen molar-refractivity contribution in [3.05, 3.63) is 72.3 Å². The summed E-state index contributed by atoms with van der Waals surface area (Å²) in [6.07, 6.45) is 2.94. The van der Waals surface area contributed by atoms with Crippen LogP contribution in [0.1, 0.15) is 23.3 Å². The number of nitrogens with zero attached hydrogens (tertiary/aromatic N) is 4. The first-order valence-electron chi connectivity index (χ1n) is 9.60. The molecule has 31 heavy (non-hydrogen) atoms. The van der Waals surface area contributed by atoms with Crippen LogP contribution in [0.4, 0.5) is 10.1 Å². The van der Waals surface area contributed by atoms with Gasteiger partial charge in [-0.3, -0.25) is 4.79 Å². The van der Waals surface area contributed by atoms with E-state index in [-0.39, 0.29) is 22.0 Å². The van der Waals surface area contributed by atoms with Crippen molar-refractivity contribution in [1.82, 2.24) is 14.7 Å². The number of carbonyl (C=O) groups is 1. The quantitative estimate of drug-likeness (QED) is 0.656. The van der Waals surface area contributed by atoms with Crippen LogP contribution in [0.25, 0.3) is 5.69 Å². The average Bonchev–Trinajstić information content (AvgIpc) is 3.38. The van der Waals surface area contributed by atoms with E-state index in [4.69, 9.17) is 0 Å². The maximum Gasteiger partial charge on any atom is 0.284 e. The van der Waals surface area contributed by atoms with Gasteiger partial charge < -0.3 is 10.2 Å². The molecule has 0 radical (unpaired) electrons. The van der Waals surface area contributed by atoms with Crippen molar-refractivity contribution < 1.29 is 17.6 Å². The van der Waals surface area contributed by atoms with Crippen LogP contribution in [-0.2, 0) is 10.0 Å². The predicted molar refractivity (Wildman–Crippen MR) is 114 cm³/mol. The summed E-state index contributed by atoms with van der Waals surface area (Å²) in [7, 11) is -2.10. The lowest BCUT2D eigenvalue weighted by Crippen LogP contribution is -2.20. The van der Waals surface area contributed by atoms with E-state index >= 15 is 0 Å². The molecular formula is C21H20FN5O3S. The van der Waals surface area contributed by atoms with Gasteiger partial charge in [-0.25, -0.2) is 9.07 Å². The Bertz CT molecular complexity index is 1270. The third kappa shape index (κ3) is 4.48. The fraction of sp³-hybridized carbons (Fsp3) is 0.190. The Morgan fingerprint density at radius 2 is 1.97 bits per heavy atom. The minimum atomic E-state index is -3.90. The molecule has 1 amide bonds. The average molecular weight is 441 g/mol. The summed E-state index contributed by atoms with van der Waals surface area (Å²) in [6.45, 7) is 0.768. The third-order valence-electron chi connectivity index (χ3n) is 4.87. The Morgan fingerprint density at radius 1 is 1.16 bits per heavy atom. The van der Waals surface area contributed by atoms with Crippen LogP contribution in [0, 0.1) is 5.82 Å². The van der Waals surface area contributed by atoms with Crippen molar-refractivity contribution in [2.24, 2.45) is 4.40 Å². The number of rotatable bonds is 5. The van der Waals surface area contributed by atoms with Gasteiger partial charge >= 0.3 is 0 Å². The standard InChI is InChI=1S/C21H20FN5O3S/c1-26-12-5-10-20(26)25-31(29,30)16-7-4-6-15(14-16)23-21(28)18-11-13-27(24-18)19-9-3-2-8-17(19)22/h2-4,6-9,11,13-14H,5,10,12H2,1H3,(H,23,28)/b25-20+. The largest absolute Gasteiger partial charge is 0.362 e. The highest BCUT2D eigenvalue weighted by atomic mass is 32.2. The number of sulfonamides is 1. The third-order valence-corrected chi connectivity index (χ3v) is 6.17. The number of para-hydroxylation sites is 1. The first-order chi connectivity index (χ1) is 14.8. The highest BCUT2D eigenvalue weighted by molar-refractivity contribution is 7.90. The van der Waals surface area contributed by atoms with E-state index in [1.54, 1.807) is 31.3 Å². The molecule has 10 heteroatoms. The van der Waals surface area contributed by atoms with E-state index in [2.05, 4.69) is 14.8 Å². The van der Waals surface area contributed by atoms with E-state index in [9.17, 15) is 17.6 Å². The Labute approximate surface area is 179 Å². The summed E-state index contributed by atoms with van der Waals surface area (Å²) in [5.74, 6) is -0.496. The second-order valence-corrected chi connectivity index (χ2v) is 8.69. The Morgan fingerprint density at radius 3 is 2.71 bits per heavy atom. The molecule has 0 saturated carbocycles. The summed E-state index contributed by atoms with van der Waals surface area (Å²) in [4.78, 5) is 14.4. The molecule has 1 aromatic heterocycles. The molecule has 1 N–H and O–H groups in total. The van der Waals surface area contributed by atoms with E-state index in [0.29, 0.717) is 12.3 Å². The fourth-order valence-corrected chi connectivity index (χ4v) is 4.39. The van der Waals surface area contributed by atoms with Crippen molar-refractivity contribution in [3.8, 4) is 5.69 Å². The summed E-state index contributed by atoms with van der Waals surface area (Å²) in [6, 6.07) is 13.4. The zero-order valence-electron chi connectivity index (χ0n) is 16.7. The number of carbonyl (C=O) groups excluding carboxylic acids is 1. The van der Waals surface area contributed by atoms with Crippen molar-refractivity contribution >= 4 is 27.5 Å². The molecule has 0 aliphatic carbocycles. The van der Waals surface area contributed by atoms with Crippen molar-refractivity contribution in [1.29, 1.82) is 0 Å². The number of amidine groups is 1. The second kappa shape index (κ2) is 8.31. The molecular weight excluding hydrogens is 421 g/mol. The van der Waals surface area contributed by atoms with Gasteiger partial charge in [0.2, 0.25) is 0 Å². The molecule has 0 spiro atoms. The van der Waals surface area contributed by atoms with E-state index < -0.39 is 21.7 Å². The van der Waals surface area contributed by atoms with E-state index in [1.165, 1.54) is 41.2 Å². The van der Waals surface area contributed by atoms with Crippen molar-refractivity contribution in [3.63, 3.8) is 0 Å². The number of likely N-dealkylation sites (tertiary alicyclic amines) is 1. The van der Waals surface area contributed by atoms with Crippen LogP contribution < -0.4 is 5.32 Å². The van der Waals surface area contributed by atoms with Gasteiger partial charge in [0.05, 0.1) is 4.90 Å². The molecule has 160 valence electrons. The lowest BCUT2D eigenvalue weighted by Gasteiger charge is -2.11. The number of halogens is 1. The zero-order valence-corrected chi connectivity index (χ0v) is 17.5. The Balaban J connectivity index is 1.53. The number of anilines is 1. The van der Waals surface area contributed by atoms with Gasteiger partial charge in [-0.15, -0.1) is 4.40 Å². The molecule has 3 aromatic rings. The SMILES string of the molecule is CN1CCC/C1=N\S(=O)(=O)c1cccc(NC(=O)c2ccn(-c3ccccc3F)n2)c1. The zero-order chi connectivity index (χ0) is 22.0. The summed E-state index contributed by atoms with van der Waals surface area (Å²) >= 11 is 0. The molecule has 1 fully saturated rings. The number of nitrogens with one attached hydrogen (secondary N) is 1. The van der Waals surface area contributed by atoms with Crippen LogP contribution in [0.15, 0.2) is 70.1 Å². The van der Waals surface area contributed by atoms with Gasteiger partial charge in [0.25, 0.3) is 15.9 Å². The maximum absolute atomic E-state index is 13.9. The molecule has 0 atom stereocenters. The molecule has 0 bridgehead atoms. The molecule has 2 heterocycles. The predicted octanol–water partition coefficient (Wildman–Crippen LogP) is 3.08. The number of aromatic nitrogens is 2. The van der Waals surface area contributed by atoms with E-state index in [0.717, 1.165) is 13.0 Å². The van der Waals surface area contributed by atoms with Crippen molar-refractivity contribution in [2.45, 2.75) is 17.7 Å². The normalized spacial score (nSPS) is 15.4. The van der Waals surface area contributed by atoms with Gasteiger partial charge in [0.1, 0.15) is 17.3 Å². The van der Waals surface area contributed by atoms with Gasteiger partial charge in [0.15, 0.2) is 5.69 Å². The van der Waals surface area contributed by atoms with Crippen LogP contribution in [0.3, 0.4) is 0 Å². The van der Waals surface area contributed by atoms with Crippen LogP contribution in [-0.4, -0.2) is 48.4 Å². The highest BCUT2D eigenvalue weighted by Gasteiger charge is 2.21. The van der Waals surface area contributed by atoms with Gasteiger partial charge in [-0.2, -0.15) is 13.5 Å². The number of amides is 1. The number of hydrogen-bond acceptors (Lipinski definition) is 4. The van der Waals surface area contributed by atoms with Gasteiger partial charge in [-0.05, 0) is 42.8 Å². The lowest BCUT2D eigenvalue weighted by molar-refractivity contribution is 0.102. The smallest absolute Gasteiger partial charge is 0.284 e. The number of hydrogen-bond donors (Lipinski definition) is 1. The molecule has 1 aliphatic heterocycles. The van der Waals surface area contributed by atoms with Crippen LogP contribution in [0.5, 0.6) is 0 Å².